The van der Waals surface area contributed by atoms with Crippen LogP contribution in [0, 0.1) is 6.92 Å². The van der Waals surface area contributed by atoms with Gasteiger partial charge in [0, 0.05) is 0 Å². The Kier molecular flexibility index (Phi) is 6.66. The second kappa shape index (κ2) is 8.73. The van der Waals surface area contributed by atoms with Gasteiger partial charge in [0.25, 0.3) is 0 Å². The van der Waals surface area contributed by atoms with Crippen LogP contribution in [-0.2, 0) is 0 Å². The molecule has 2 aromatic carbocycles. The second-order valence-corrected chi connectivity index (χ2v) is 5.96. The fraction of sp³-hybridized carbons (Fsp3) is 0.316. The summed E-state index contributed by atoms with van der Waals surface area (Å²) < 4.78 is 0. The molecule has 0 aliphatic rings. The van der Waals surface area contributed by atoms with Gasteiger partial charge in [-0.3, -0.25) is 0 Å². The number of hydrazone groups is 1. The smallest absolute Gasteiger partial charge is 0.119 e. The van der Waals surface area contributed by atoms with Gasteiger partial charge >= 0.3 is 0 Å². The van der Waals surface area contributed by atoms with Gasteiger partial charge in [0.1, 0.15) is 18.3 Å². The Labute approximate surface area is 147 Å². The first-order valence-electron chi connectivity index (χ1n) is 8.08. The van der Waals surface area contributed by atoms with Gasteiger partial charge in [-0.05, 0) is 38.1 Å². The Hall–Kier alpha value is -2.25. The van der Waals surface area contributed by atoms with Crippen LogP contribution in [0.15, 0.2) is 59.7 Å². The lowest BCUT2D eigenvalue weighted by molar-refractivity contribution is -0.0821. The van der Waals surface area contributed by atoms with Crippen LogP contribution < -0.4 is 5.01 Å². The molecule has 0 aromatic heterocycles. The van der Waals surface area contributed by atoms with Crippen LogP contribution in [0.3, 0.4) is 0 Å². The molecule has 0 aliphatic carbocycles. The van der Waals surface area contributed by atoms with E-state index >= 15 is 0 Å². The molecule has 134 valence electrons. The fourth-order valence-electron chi connectivity index (χ4n) is 2.25. The normalized spacial score (nSPS) is 16.4. The van der Waals surface area contributed by atoms with Crippen LogP contribution in [0.25, 0.3) is 0 Å². The van der Waals surface area contributed by atoms with Crippen molar-refractivity contribution in [3.05, 3.63) is 60.2 Å². The van der Waals surface area contributed by atoms with E-state index in [9.17, 15) is 20.4 Å². The predicted molar refractivity (Wildman–Crippen MR) is 98.0 cm³/mol. The number of hydrogen-bond donors (Lipinski definition) is 4. The lowest BCUT2D eigenvalue weighted by atomic mass is 10.1. The summed E-state index contributed by atoms with van der Waals surface area (Å²) in [6.07, 6.45) is -4.46. The van der Waals surface area contributed by atoms with Crippen LogP contribution in [0.5, 0.6) is 0 Å². The van der Waals surface area contributed by atoms with Gasteiger partial charge in [-0.2, -0.15) is 5.10 Å². The zero-order valence-corrected chi connectivity index (χ0v) is 14.3. The van der Waals surface area contributed by atoms with Gasteiger partial charge < -0.3 is 20.4 Å². The first-order valence-corrected chi connectivity index (χ1v) is 8.08. The molecule has 4 N–H and O–H groups in total. The number of para-hydroxylation sites is 1. The van der Waals surface area contributed by atoms with Crippen LogP contribution in [0.4, 0.5) is 11.4 Å². The maximum atomic E-state index is 10.0. The molecule has 0 amide bonds. The Morgan fingerprint density at radius 2 is 1.40 bits per heavy atom. The number of benzene rings is 2. The maximum absolute atomic E-state index is 10.0. The average Bonchev–Trinajstić information content (AvgIpc) is 2.62. The SMILES string of the molecule is Cc1ccc(N(/N=C/[C@H](O)[C@H](O)[C@@H](O)[C@H](C)O)c2ccccc2)cc1. The average molecular weight is 344 g/mol. The van der Waals surface area contributed by atoms with E-state index < -0.39 is 24.4 Å². The summed E-state index contributed by atoms with van der Waals surface area (Å²) in [4.78, 5) is 0. The Balaban J connectivity index is 2.26. The zero-order chi connectivity index (χ0) is 18.4. The Bertz CT molecular complexity index is 674. The van der Waals surface area contributed by atoms with Gasteiger partial charge in [-0.15, -0.1) is 0 Å². The summed E-state index contributed by atoms with van der Waals surface area (Å²) in [5, 5.41) is 44.8. The molecule has 0 radical (unpaired) electrons. The minimum atomic E-state index is -1.54. The summed E-state index contributed by atoms with van der Waals surface area (Å²) in [6.45, 7) is 3.32. The highest BCUT2D eigenvalue weighted by atomic mass is 16.4. The van der Waals surface area contributed by atoms with Gasteiger partial charge in [-0.1, -0.05) is 35.9 Å². The molecule has 6 heteroatoms. The van der Waals surface area contributed by atoms with E-state index in [2.05, 4.69) is 5.10 Å². The highest BCUT2D eigenvalue weighted by Gasteiger charge is 2.27. The molecule has 0 bridgehead atoms. The molecule has 0 spiro atoms. The molecule has 2 aromatic rings. The van der Waals surface area contributed by atoms with Crippen LogP contribution in [-0.4, -0.2) is 51.1 Å². The van der Waals surface area contributed by atoms with E-state index in [1.54, 1.807) is 5.01 Å². The first-order chi connectivity index (χ1) is 11.9. The molecule has 0 unspecified atom stereocenters. The quantitative estimate of drug-likeness (QED) is 0.452. The van der Waals surface area contributed by atoms with Crippen molar-refractivity contribution in [1.29, 1.82) is 0 Å². The van der Waals surface area contributed by atoms with Crippen molar-refractivity contribution < 1.29 is 20.4 Å². The van der Waals surface area contributed by atoms with Crippen molar-refractivity contribution in [2.45, 2.75) is 38.3 Å². The van der Waals surface area contributed by atoms with E-state index in [1.165, 1.54) is 6.92 Å². The van der Waals surface area contributed by atoms with Crippen molar-refractivity contribution in [2.75, 3.05) is 5.01 Å². The van der Waals surface area contributed by atoms with E-state index in [-0.39, 0.29) is 0 Å². The maximum Gasteiger partial charge on any atom is 0.119 e. The molecule has 0 heterocycles. The van der Waals surface area contributed by atoms with Gasteiger partial charge in [-0.25, -0.2) is 5.01 Å². The largest absolute Gasteiger partial charge is 0.391 e. The molecule has 25 heavy (non-hydrogen) atoms. The highest BCUT2D eigenvalue weighted by molar-refractivity contribution is 5.70. The molecule has 0 fully saturated rings. The van der Waals surface area contributed by atoms with Crippen molar-refractivity contribution in [3.8, 4) is 0 Å². The monoisotopic (exact) mass is 344 g/mol. The first kappa shape index (κ1) is 19.1. The van der Waals surface area contributed by atoms with Crippen LogP contribution >= 0.6 is 0 Å². The lowest BCUT2D eigenvalue weighted by Gasteiger charge is -2.24. The minimum absolute atomic E-state index is 0.778. The van der Waals surface area contributed by atoms with Crippen molar-refractivity contribution in [3.63, 3.8) is 0 Å². The number of aliphatic hydroxyl groups excluding tert-OH is 4. The Morgan fingerprint density at radius 1 is 0.840 bits per heavy atom. The molecule has 6 nitrogen and oxygen atoms in total. The molecule has 0 saturated heterocycles. The number of hydrogen-bond acceptors (Lipinski definition) is 6. The van der Waals surface area contributed by atoms with Gasteiger partial charge in [0.05, 0.1) is 23.7 Å². The van der Waals surface area contributed by atoms with E-state index in [4.69, 9.17) is 0 Å². The zero-order valence-electron chi connectivity index (χ0n) is 14.3. The van der Waals surface area contributed by atoms with Crippen molar-refractivity contribution in [2.24, 2.45) is 5.10 Å². The summed E-state index contributed by atoms with van der Waals surface area (Å²) in [7, 11) is 0. The molecule has 0 aliphatic heterocycles. The topological polar surface area (TPSA) is 96.5 Å². The standard InChI is InChI=1S/C19H24N2O4/c1-13-8-10-16(11-9-13)21(15-6-4-3-5-7-15)20-12-17(23)19(25)18(24)14(2)22/h3-12,14,17-19,22-25H,1-2H3/b20-12+/t14-,17-,18-,19-/m0/s1. The number of rotatable bonds is 7. The minimum Gasteiger partial charge on any atom is -0.391 e. The van der Waals surface area contributed by atoms with Crippen molar-refractivity contribution >= 4 is 17.6 Å². The number of anilines is 2. The third-order valence-corrected chi connectivity index (χ3v) is 3.81. The third-order valence-electron chi connectivity index (χ3n) is 3.81. The summed E-state index contributed by atoms with van der Waals surface area (Å²) in [6, 6.07) is 17.0. The predicted octanol–water partition coefficient (Wildman–Crippen LogP) is 1.58. The highest BCUT2D eigenvalue weighted by Crippen LogP contribution is 2.25. The fourth-order valence-corrected chi connectivity index (χ4v) is 2.25. The van der Waals surface area contributed by atoms with Crippen LogP contribution in [0.2, 0.25) is 0 Å². The van der Waals surface area contributed by atoms with Crippen molar-refractivity contribution in [1.82, 2.24) is 0 Å². The molecular formula is C19H24N2O4. The van der Waals surface area contributed by atoms with E-state index in [1.807, 2.05) is 61.5 Å². The van der Waals surface area contributed by atoms with Gasteiger partial charge in [0.15, 0.2) is 0 Å². The molecule has 4 atom stereocenters. The second-order valence-electron chi connectivity index (χ2n) is 5.96. The third kappa shape index (κ3) is 5.11. The Morgan fingerprint density at radius 3 is 1.96 bits per heavy atom. The number of aryl methyl sites for hydroxylation is 1. The number of aliphatic hydroxyl groups is 4. The summed E-state index contributed by atoms with van der Waals surface area (Å²) in [5.41, 5.74) is 2.67. The van der Waals surface area contributed by atoms with E-state index in [0.29, 0.717) is 0 Å². The van der Waals surface area contributed by atoms with E-state index in [0.717, 1.165) is 23.2 Å². The lowest BCUT2D eigenvalue weighted by Crippen LogP contribution is -2.44. The summed E-state index contributed by atoms with van der Waals surface area (Å²) in [5.74, 6) is 0. The summed E-state index contributed by atoms with van der Waals surface area (Å²) >= 11 is 0. The molecule has 2 rings (SSSR count). The molecule has 0 saturated carbocycles. The van der Waals surface area contributed by atoms with Gasteiger partial charge in [0.2, 0.25) is 0 Å². The van der Waals surface area contributed by atoms with Crippen LogP contribution in [0.1, 0.15) is 12.5 Å². The molecular weight excluding hydrogens is 320 g/mol. The number of nitrogens with zero attached hydrogens (tertiary/aromatic N) is 2.